The fourth-order valence-electron chi connectivity index (χ4n) is 1.45. The van der Waals surface area contributed by atoms with E-state index in [4.69, 9.17) is 10.3 Å². The molecule has 0 unspecified atom stereocenters. The molecule has 0 spiro atoms. The predicted octanol–water partition coefficient (Wildman–Crippen LogP) is 1.84. The van der Waals surface area contributed by atoms with Crippen LogP contribution in [0.2, 0.25) is 0 Å². The molecular formula is C10H12N4O. The molecule has 0 atom stereocenters. The van der Waals surface area contributed by atoms with Gasteiger partial charge in [0.1, 0.15) is 0 Å². The molecule has 0 saturated heterocycles. The average Bonchev–Trinajstić information content (AvgIpc) is 2.61. The second-order valence-electron chi connectivity index (χ2n) is 3.54. The van der Waals surface area contributed by atoms with Crippen LogP contribution in [0.4, 0.5) is 5.82 Å². The fourth-order valence-corrected chi connectivity index (χ4v) is 1.45. The van der Waals surface area contributed by atoms with Crippen molar-refractivity contribution in [1.29, 1.82) is 0 Å². The summed E-state index contributed by atoms with van der Waals surface area (Å²) >= 11 is 0. The number of aromatic nitrogens is 3. The van der Waals surface area contributed by atoms with Crippen LogP contribution in [-0.4, -0.2) is 15.1 Å². The topological polar surface area (TPSA) is 77.8 Å². The third-order valence-electron chi connectivity index (χ3n) is 2.10. The summed E-state index contributed by atoms with van der Waals surface area (Å²) in [6, 6.07) is 1.75. The van der Waals surface area contributed by atoms with Gasteiger partial charge in [0.05, 0.1) is 0 Å². The molecule has 5 nitrogen and oxygen atoms in total. The molecule has 0 bridgehead atoms. The maximum Gasteiger partial charge on any atom is 0.209 e. The van der Waals surface area contributed by atoms with Crippen molar-refractivity contribution in [2.24, 2.45) is 0 Å². The van der Waals surface area contributed by atoms with Crippen LogP contribution < -0.4 is 5.73 Å². The van der Waals surface area contributed by atoms with Gasteiger partial charge in [0.15, 0.2) is 11.6 Å². The molecule has 2 rings (SSSR count). The molecule has 0 radical (unpaired) electrons. The summed E-state index contributed by atoms with van der Waals surface area (Å²) in [7, 11) is 0. The van der Waals surface area contributed by atoms with Gasteiger partial charge in [-0.3, -0.25) is 0 Å². The quantitative estimate of drug-likeness (QED) is 0.807. The number of nitrogens with zero attached hydrogens (tertiary/aromatic N) is 3. The smallest absolute Gasteiger partial charge is 0.209 e. The Kier molecular flexibility index (Phi) is 2.37. The average molecular weight is 204 g/mol. The van der Waals surface area contributed by atoms with Crippen LogP contribution in [0.3, 0.4) is 0 Å². The van der Waals surface area contributed by atoms with E-state index >= 15 is 0 Å². The molecule has 0 aliphatic heterocycles. The lowest BCUT2D eigenvalue weighted by Crippen LogP contribution is -1.96. The Morgan fingerprint density at radius 1 is 1.27 bits per heavy atom. The van der Waals surface area contributed by atoms with Gasteiger partial charge in [-0.05, 0) is 12.0 Å². The van der Waals surface area contributed by atoms with Crippen molar-refractivity contribution < 1.29 is 4.52 Å². The SMILES string of the molecule is CC(C)c1c(N)noc1-c1ncccn1. The molecule has 0 aliphatic rings. The van der Waals surface area contributed by atoms with Crippen molar-refractivity contribution in [1.82, 2.24) is 15.1 Å². The van der Waals surface area contributed by atoms with Crippen LogP contribution in [0.1, 0.15) is 25.3 Å². The molecule has 0 fully saturated rings. The largest absolute Gasteiger partial charge is 0.381 e. The molecule has 2 aromatic rings. The molecule has 2 heterocycles. The minimum Gasteiger partial charge on any atom is -0.381 e. The van der Waals surface area contributed by atoms with Gasteiger partial charge < -0.3 is 10.3 Å². The first-order valence-corrected chi connectivity index (χ1v) is 4.72. The van der Waals surface area contributed by atoms with E-state index in [2.05, 4.69) is 15.1 Å². The molecule has 0 aromatic carbocycles. The number of nitrogen functional groups attached to an aromatic ring is 1. The van der Waals surface area contributed by atoms with Crippen LogP contribution in [0.15, 0.2) is 23.0 Å². The summed E-state index contributed by atoms with van der Waals surface area (Å²) in [6.45, 7) is 4.05. The van der Waals surface area contributed by atoms with Gasteiger partial charge in [-0.15, -0.1) is 0 Å². The first-order valence-electron chi connectivity index (χ1n) is 4.72. The van der Waals surface area contributed by atoms with E-state index in [1.165, 1.54) is 0 Å². The predicted molar refractivity (Wildman–Crippen MR) is 56.0 cm³/mol. The summed E-state index contributed by atoms with van der Waals surface area (Å²) in [4.78, 5) is 8.21. The molecule has 0 saturated carbocycles. The molecule has 78 valence electrons. The van der Waals surface area contributed by atoms with E-state index in [-0.39, 0.29) is 5.92 Å². The fraction of sp³-hybridized carbons (Fsp3) is 0.300. The van der Waals surface area contributed by atoms with Crippen molar-refractivity contribution in [3.63, 3.8) is 0 Å². The van der Waals surface area contributed by atoms with Crippen molar-refractivity contribution in [2.75, 3.05) is 5.73 Å². The lowest BCUT2D eigenvalue weighted by Gasteiger charge is -2.03. The summed E-state index contributed by atoms with van der Waals surface area (Å²) in [5.74, 6) is 1.72. The van der Waals surface area contributed by atoms with E-state index in [1.54, 1.807) is 18.5 Å². The summed E-state index contributed by atoms with van der Waals surface area (Å²) in [5.41, 5.74) is 6.58. The first-order chi connectivity index (χ1) is 7.20. The standard InChI is InChI=1S/C10H12N4O/c1-6(2)7-8(15-14-9(7)11)10-12-4-3-5-13-10/h3-6H,1-2H3,(H2,11,14). The second-order valence-corrected chi connectivity index (χ2v) is 3.54. The maximum atomic E-state index is 5.72. The van der Waals surface area contributed by atoms with Gasteiger partial charge in [0.25, 0.3) is 0 Å². The number of hydrogen-bond acceptors (Lipinski definition) is 5. The molecule has 2 aromatic heterocycles. The zero-order chi connectivity index (χ0) is 10.8. The third kappa shape index (κ3) is 1.68. The molecule has 0 aliphatic carbocycles. The second kappa shape index (κ2) is 3.68. The minimum atomic E-state index is 0.232. The highest BCUT2D eigenvalue weighted by molar-refractivity contribution is 5.60. The Morgan fingerprint density at radius 2 is 1.93 bits per heavy atom. The molecule has 5 heteroatoms. The maximum absolute atomic E-state index is 5.72. The van der Waals surface area contributed by atoms with Gasteiger partial charge in [-0.1, -0.05) is 19.0 Å². The van der Waals surface area contributed by atoms with Gasteiger partial charge in [-0.25, -0.2) is 9.97 Å². The van der Waals surface area contributed by atoms with Gasteiger partial charge >= 0.3 is 0 Å². The van der Waals surface area contributed by atoms with Crippen molar-refractivity contribution in [3.05, 3.63) is 24.0 Å². The molecule has 0 amide bonds. The van der Waals surface area contributed by atoms with Gasteiger partial charge in [-0.2, -0.15) is 0 Å². The van der Waals surface area contributed by atoms with Crippen LogP contribution in [0.25, 0.3) is 11.6 Å². The first kappa shape index (κ1) is 9.64. The van der Waals surface area contributed by atoms with Crippen LogP contribution in [0, 0.1) is 0 Å². The zero-order valence-electron chi connectivity index (χ0n) is 8.64. The number of rotatable bonds is 2. The number of anilines is 1. The van der Waals surface area contributed by atoms with E-state index < -0.39 is 0 Å². The molecule has 15 heavy (non-hydrogen) atoms. The Bertz CT molecular complexity index is 450. The minimum absolute atomic E-state index is 0.232. The molecular weight excluding hydrogens is 192 g/mol. The Morgan fingerprint density at radius 3 is 2.53 bits per heavy atom. The van der Waals surface area contributed by atoms with E-state index in [9.17, 15) is 0 Å². The lowest BCUT2D eigenvalue weighted by molar-refractivity contribution is 0.432. The lowest BCUT2D eigenvalue weighted by atomic mass is 10.0. The van der Waals surface area contributed by atoms with Crippen LogP contribution in [0.5, 0.6) is 0 Å². The summed E-state index contributed by atoms with van der Waals surface area (Å²) < 4.78 is 5.14. The van der Waals surface area contributed by atoms with Crippen molar-refractivity contribution in [3.8, 4) is 11.6 Å². The van der Waals surface area contributed by atoms with Gasteiger partial charge in [0.2, 0.25) is 5.76 Å². The molecule has 2 N–H and O–H groups in total. The summed E-state index contributed by atoms with van der Waals surface area (Å²) in [5, 5.41) is 3.74. The Balaban J connectivity index is 2.54. The number of nitrogens with two attached hydrogens (primary N) is 1. The van der Waals surface area contributed by atoms with Crippen LogP contribution >= 0.6 is 0 Å². The van der Waals surface area contributed by atoms with Crippen LogP contribution in [-0.2, 0) is 0 Å². The highest BCUT2D eigenvalue weighted by Gasteiger charge is 2.19. The number of hydrogen-bond donors (Lipinski definition) is 1. The Labute approximate surface area is 87.3 Å². The van der Waals surface area contributed by atoms with Gasteiger partial charge in [0, 0.05) is 18.0 Å². The Hall–Kier alpha value is -1.91. The summed E-state index contributed by atoms with van der Waals surface area (Å²) in [6.07, 6.45) is 3.32. The van der Waals surface area contributed by atoms with Crippen molar-refractivity contribution in [2.45, 2.75) is 19.8 Å². The van der Waals surface area contributed by atoms with Crippen molar-refractivity contribution >= 4 is 5.82 Å². The highest BCUT2D eigenvalue weighted by atomic mass is 16.5. The third-order valence-corrected chi connectivity index (χ3v) is 2.10. The highest BCUT2D eigenvalue weighted by Crippen LogP contribution is 2.30. The van der Waals surface area contributed by atoms with E-state index in [1.807, 2.05) is 13.8 Å². The monoisotopic (exact) mass is 204 g/mol. The zero-order valence-corrected chi connectivity index (χ0v) is 8.64. The van der Waals surface area contributed by atoms with E-state index in [0.29, 0.717) is 17.4 Å². The van der Waals surface area contributed by atoms with E-state index in [0.717, 1.165) is 5.56 Å². The normalized spacial score (nSPS) is 10.9.